The molecular formula is C10H14FN3O. The molecule has 1 aliphatic heterocycles. The Hall–Kier alpha value is -1.10. The minimum absolute atomic E-state index is 0.0306. The SMILES string of the molecule is Nc1n[nH]c(C23CCCC2OCC3)c1F. The van der Waals surface area contributed by atoms with Crippen LogP contribution in [0.25, 0.3) is 0 Å². The first-order valence-electron chi connectivity index (χ1n) is 5.35. The van der Waals surface area contributed by atoms with Gasteiger partial charge in [0.25, 0.3) is 0 Å². The van der Waals surface area contributed by atoms with Gasteiger partial charge in [0.1, 0.15) is 0 Å². The van der Waals surface area contributed by atoms with Crippen molar-refractivity contribution in [3.63, 3.8) is 0 Å². The zero-order valence-electron chi connectivity index (χ0n) is 8.42. The number of rotatable bonds is 1. The Morgan fingerprint density at radius 3 is 3.13 bits per heavy atom. The van der Waals surface area contributed by atoms with E-state index in [1.165, 1.54) is 0 Å². The number of aromatic nitrogens is 2. The van der Waals surface area contributed by atoms with E-state index in [2.05, 4.69) is 10.2 Å². The smallest absolute Gasteiger partial charge is 0.188 e. The van der Waals surface area contributed by atoms with Gasteiger partial charge in [-0.1, -0.05) is 0 Å². The van der Waals surface area contributed by atoms with Crippen LogP contribution in [0, 0.1) is 5.82 Å². The van der Waals surface area contributed by atoms with Crippen LogP contribution in [-0.4, -0.2) is 22.9 Å². The molecule has 1 saturated carbocycles. The molecule has 15 heavy (non-hydrogen) atoms. The van der Waals surface area contributed by atoms with Crippen LogP contribution in [0.15, 0.2) is 0 Å². The molecule has 0 spiro atoms. The van der Waals surface area contributed by atoms with Crippen molar-refractivity contribution in [1.82, 2.24) is 10.2 Å². The molecule has 2 fully saturated rings. The molecule has 3 rings (SSSR count). The number of hydrogen-bond donors (Lipinski definition) is 2. The van der Waals surface area contributed by atoms with E-state index in [0.29, 0.717) is 12.3 Å². The molecular weight excluding hydrogens is 197 g/mol. The molecule has 1 saturated heterocycles. The van der Waals surface area contributed by atoms with Crippen LogP contribution in [0.4, 0.5) is 10.2 Å². The number of nitrogens with zero attached hydrogens (tertiary/aromatic N) is 1. The molecule has 1 aliphatic carbocycles. The van der Waals surface area contributed by atoms with Crippen molar-refractivity contribution >= 4 is 5.82 Å². The molecule has 3 N–H and O–H groups in total. The van der Waals surface area contributed by atoms with Crippen LogP contribution in [0.5, 0.6) is 0 Å². The molecule has 0 amide bonds. The van der Waals surface area contributed by atoms with Gasteiger partial charge in [-0.3, -0.25) is 5.10 Å². The van der Waals surface area contributed by atoms with Crippen LogP contribution >= 0.6 is 0 Å². The summed E-state index contributed by atoms with van der Waals surface area (Å²) in [5.41, 5.74) is 5.80. The lowest BCUT2D eigenvalue weighted by Gasteiger charge is -2.25. The Morgan fingerprint density at radius 1 is 1.53 bits per heavy atom. The zero-order valence-corrected chi connectivity index (χ0v) is 8.42. The van der Waals surface area contributed by atoms with E-state index in [1.54, 1.807) is 0 Å². The minimum atomic E-state index is -0.382. The minimum Gasteiger partial charge on any atom is -0.380 e. The average Bonchev–Trinajstić information content (AvgIpc) is 2.82. The second-order valence-electron chi connectivity index (χ2n) is 4.46. The Kier molecular flexibility index (Phi) is 1.80. The van der Waals surface area contributed by atoms with Gasteiger partial charge in [0.05, 0.1) is 11.8 Å². The summed E-state index contributed by atoms with van der Waals surface area (Å²) in [7, 11) is 0. The van der Waals surface area contributed by atoms with E-state index in [9.17, 15) is 4.39 Å². The Morgan fingerprint density at radius 2 is 2.40 bits per heavy atom. The first-order chi connectivity index (χ1) is 7.24. The van der Waals surface area contributed by atoms with Gasteiger partial charge in [-0.05, 0) is 25.7 Å². The molecule has 0 radical (unpaired) electrons. The van der Waals surface area contributed by atoms with Crippen LogP contribution in [-0.2, 0) is 10.2 Å². The zero-order chi connectivity index (χ0) is 10.5. The van der Waals surface area contributed by atoms with Gasteiger partial charge in [0, 0.05) is 12.0 Å². The van der Waals surface area contributed by atoms with Crippen LogP contribution in [0.2, 0.25) is 0 Å². The molecule has 2 unspecified atom stereocenters. The highest BCUT2D eigenvalue weighted by Gasteiger charge is 2.51. The van der Waals surface area contributed by atoms with E-state index in [0.717, 1.165) is 25.7 Å². The van der Waals surface area contributed by atoms with Crippen LogP contribution < -0.4 is 5.73 Å². The van der Waals surface area contributed by atoms with Crippen molar-refractivity contribution in [3.05, 3.63) is 11.5 Å². The molecule has 1 aromatic heterocycles. The molecule has 0 aromatic carbocycles. The predicted molar refractivity (Wildman–Crippen MR) is 52.8 cm³/mol. The summed E-state index contributed by atoms with van der Waals surface area (Å²) in [6.45, 7) is 0.711. The number of halogens is 1. The number of nitrogens with one attached hydrogen (secondary N) is 1. The maximum atomic E-state index is 13.8. The summed E-state index contributed by atoms with van der Waals surface area (Å²) in [6, 6.07) is 0. The molecule has 2 heterocycles. The highest BCUT2D eigenvalue weighted by molar-refractivity contribution is 5.37. The molecule has 1 aromatic rings. The summed E-state index contributed by atoms with van der Waals surface area (Å²) in [4.78, 5) is 0. The predicted octanol–water partition coefficient (Wildman–Crippen LogP) is 1.34. The maximum Gasteiger partial charge on any atom is 0.188 e. The lowest BCUT2D eigenvalue weighted by Crippen LogP contribution is -2.31. The third-order valence-corrected chi connectivity index (χ3v) is 3.80. The standard InChI is InChI=1S/C10H14FN3O/c11-7-8(13-14-9(7)12)10-3-1-2-6(10)15-5-4-10/h6H,1-5H2,(H3,12,13,14). The van der Waals surface area contributed by atoms with Gasteiger partial charge in [0.15, 0.2) is 11.6 Å². The Labute approximate surface area is 87.0 Å². The molecule has 5 heteroatoms. The summed E-state index contributed by atoms with van der Waals surface area (Å²) in [5, 5.41) is 6.49. The van der Waals surface area contributed by atoms with E-state index in [4.69, 9.17) is 10.5 Å². The maximum absolute atomic E-state index is 13.8. The fraction of sp³-hybridized carbons (Fsp3) is 0.700. The number of hydrogen-bond acceptors (Lipinski definition) is 3. The Bertz CT molecular complexity index is 380. The summed E-state index contributed by atoms with van der Waals surface area (Å²) in [5.74, 6) is -0.413. The van der Waals surface area contributed by atoms with Gasteiger partial charge in [0.2, 0.25) is 0 Å². The normalized spacial score (nSPS) is 34.6. The second kappa shape index (κ2) is 2.95. The number of nitrogens with two attached hydrogens (primary N) is 1. The first kappa shape index (κ1) is 9.15. The molecule has 4 nitrogen and oxygen atoms in total. The second-order valence-corrected chi connectivity index (χ2v) is 4.46. The topological polar surface area (TPSA) is 63.9 Å². The Balaban J connectivity index is 2.08. The lowest BCUT2D eigenvalue weighted by atomic mass is 9.79. The van der Waals surface area contributed by atoms with Crippen molar-refractivity contribution in [1.29, 1.82) is 0 Å². The third kappa shape index (κ3) is 1.07. The van der Waals surface area contributed by atoms with Gasteiger partial charge in [-0.15, -0.1) is 0 Å². The van der Waals surface area contributed by atoms with Crippen LogP contribution in [0.1, 0.15) is 31.4 Å². The monoisotopic (exact) mass is 211 g/mol. The van der Waals surface area contributed by atoms with Gasteiger partial charge in [-0.25, -0.2) is 4.39 Å². The van der Waals surface area contributed by atoms with Crippen LogP contribution in [0.3, 0.4) is 0 Å². The molecule has 2 aliphatic rings. The van der Waals surface area contributed by atoms with Gasteiger partial charge in [-0.2, -0.15) is 5.10 Å². The summed E-state index contributed by atoms with van der Waals surface area (Å²) < 4.78 is 19.4. The molecule has 82 valence electrons. The number of fused-ring (bicyclic) bond motifs is 1. The number of anilines is 1. The van der Waals surface area contributed by atoms with E-state index >= 15 is 0 Å². The number of H-pyrrole nitrogens is 1. The average molecular weight is 211 g/mol. The van der Waals surface area contributed by atoms with Crippen molar-refractivity contribution in [3.8, 4) is 0 Å². The number of aromatic amines is 1. The largest absolute Gasteiger partial charge is 0.380 e. The highest BCUT2D eigenvalue weighted by atomic mass is 19.1. The van der Waals surface area contributed by atoms with Crippen molar-refractivity contribution in [2.45, 2.75) is 37.2 Å². The quantitative estimate of drug-likeness (QED) is 0.736. The molecule has 0 bridgehead atoms. The third-order valence-electron chi connectivity index (χ3n) is 3.80. The van der Waals surface area contributed by atoms with Crippen molar-refractivity contribution < 1.29 is 9.13 Å². The van der Waals surface area contributed by atoms with E-state index in [-0.39, 0.29) is 23.2 Å². The molecule has 2 atom stereocenters. The number of ether oxygens (including phenoxy) is 1. The van der Waals surface area contributed by atoms with Crippen molar-refractivity contribution in [2.24, 2.45) is 0 Å². The van der Waals surface area contributed by atoms with E-state index in [1.807, 2.05) is 0 Å². The fourth-order valence-electron chi connectivity index (χ4n) is 3.04. The van der Waals surface area contributed by atoms with Gasteiger partial charge < -0.3 is 10.5 Å². The van der Waals surface area contributed by atoms with Crippen molar-refractivity contribution in [2.75, 3.05) is 12.3 Å². The fourth-order valence-corrected chi connectivity index (χ4v) is 3.04. The number of nitrogen functional groups attached to an aromatic ring is 1. The van der Waals surface area contributed by atoms with E-state index < -0.39 is 0 Å². The first-order valence-corrected chi connectivity index (χ1v) is 5.35. The highest BCUT2D eigenvalue weighted by Crippen LogP contribution is 2.49. The summed E-state index contributed by atoms with van der Waals surface area (Å²) in [6.07, 6.45) is 4.08. The lowest BCUT2D eigenvalue weighted by molar-refractivity contribution is 0.0917. The van der Waals surface area contributed by atoms with Gasteiger partial charge >= 0.3 is 0 Å². The summed E-state index contributed by atoms with van der Waals surface area (Å²) >= 11 is 0.